The van der Waals surface area contributed by atoms with Crippen LogP contribution in [0.2, 0.25) is 0 Å². The van der Waals surface area contributed by atoms with Crippen molar-refractivity contribution in [3.05, 3.63) is 24.5 Å². The molecule has 1 amide bonds. The zero-order chi connectivity index (χ0) is 9.26. The summed E-state index contributed by atoms with van der Waals surface area (Å²) in [7, 11) is 0. The Hall–Kier alpha value is -1.25. The number of aromatic nitrogens is 1. The highest BCUT2D eigenvalue weighted by Gasteiger charge is 2.25. The van der Waals surface area contributed by atoms with Crippen LogP contribution < -0.4 is 0 Å². The van der Waals surface area contributed by atoms with E-state index in [4.69, 9.17) is 0 Å². The summed E-state index contributed by atoms with van der Waals surface area (Å²) in [6, 6.07) is 3.84. The van der Waals surface area contributed by atoms with Crippen LogP contribution in [0.1, 0.15) is 19.4 Å². The van der Waals surface area contributed by atoms with Crippen molar-refractivity contribution in [1.29, 1.82) is 0 Å². The average Bonchev–Trinajstić information content (AvgIpc) is 2.51. The molecule has 1 saturated heterocycles. The third-order valence-electron chi connectivity index (χ3n) is 2.60. The highest BCUT2D eigenvalue weighted by atomic mass is 16.2. The molecule has 1 atom stereocenters. The fourth-order valence-electron chi connectivity index (χ4n) is 1.53. The lowest BCUT2D eigenvalue weighted by Gasteiger charge is -2.33. The number of carbonyl (C=O) groups is 1. The summed E-state index contributed by atoms with van der Waals surface area (Å²) in [5.41, 5.74) is 0. The first-order chi connectivity index (χ1) is 6.29. The number of hydrogen-bond acceptors (Lipinski definition) is 1. The lowest BCUT2D eigenvalue weighted by Crippen LogP contribution is -2.45. The molecule has 0 saturated carbocycles. The van der Waals surface area contributed by atoms with Gasteiger partial charge >= 0.3 is 0 Å². The molecule has 0 aromatic carbocycles. The standard InChI is InChI=1S/C10H14N2O/c1-9(11-5-2-3-6-11)10(13)12-7-4-8-12/h2-3,5-6,9H,4,7-8H2,1H3. The van der Waals surface area contributed by atoms with Gasteiger partial charge in [-0.15, -0.1) is 0 Å². The molecule has 0 bridgehead atoms. The maximum atomic E-state index is 11.7. The minimum Gasteiger partial charge on any atom is -0.342 e. The number of rotatable bonds is 2. The van der Waals surface area contributed by atoms with Crippen molar-refractivity contribution < 1.29 is 4.79 Å². The van der Waals surface area contributed by atoms with Gasteiger partial charge in [-0.3, -0.25) is 4.79 Å². The zero-order valence-electron chi connectivity index (χ0n) is 7.81. The van der Waals surface area contributed by atoms with E-state index < -0.39 is 0 Å². The maximum Gasteiger partial charge on any atom is 0.245 e. The normalized spacial score (nSPS) is 18.1. The molecule has 2 heterocycles. The zero-order valence-corrected chi connectivity index (χ0v) is 7.81. The van der Waals surface area contributed by atoms with Gasteiger partial charge in [0.1, 0.15) is 6.04 Å². The number of carbonyl (C=O) groups excluding carboxylic acids is 1. The van der Waals surface area contributed by atoms with Crippen molar-refractivity contribution in [3.8, 4) is 0 Å². The minimum atomic E-state index is -0.0460. The molecular formula is C10H14N2O. The molecule has 3 heteroatoms. The summed E-state index contributed by atoms with van der Waals surface area (Å²) in [5, 5.41) is 0. The second-order valence-corrected chi connectivity index (χ2v) is 3.49. The van der Waals surface area contributed by atoms with Crippen LogP contribution in [0.25, 0.3) is 0 Å². The predicted octanol–water partition coefficient (Wildman–Crippen LogP) is 1.28. The highest BCUT2D eigenvalue weighted by molar-refractivity contribution is 5.80. The van der Waals surface area contributed by atoms with Crippen LogP contribution >= 0.6 is 0 Å². The van der Waals surface area contributed by atoms with E-state index in [1.807, 2.05) is 40.9 Å². The molecule has 2 rings (SSSR count). The molecule has 1 unspecified atom stereocenters. The number of hydrogen-bond donors (Lipinski definition) is 0. The molecule has 3 nitrogen and oxygen atoms in total. The number of likely N-dealkylation sites (tertiary alicyclic amines) is 1. The fraction of sp³-hybridized carbons (Fsp3) is 0.500. The van der Waals surface area contributed by atoms with Crippen LogP contribution in [0.3, 0.4) is 0 Å². The predicted molar refractivity (Wildman–Crippen MR) is 50.3 cm³/mol. The van der Waals surface area contributed by atoms with Crippen LogP contribution in [-0.4, -0.2) is 28.5 Å². The Labute approximate surface area is 78.0 Å². The highest BCUT2D eigenvalue weighted by Crippen LogP contribution is 2.15. The van der Waals surface area contributed by atoms with E-state index in [1.165, 1.54) is 0 Å². The average molecular weight is 178 g/mol. The van der Waals surface area contributed by atoms with Crippen LogP contribution in [0.5, 0.6) is 0 Å². The van der Waals surface area contributed by atoms with Crippen molar-refractivity contribution in [2.24, 2.45) is 0 Å². The molecule has 1 aliphatic heterocycles. The van der Waals surface area contributed by atoms with Crippen molar-refractivity contribution in [2.75, 3.05) is 13.1 Å². The van der Waals surface area contributed by atoms with Gasteiger partial charge in [0.25, 0.3) is 0 Å². The lowest BCUT2D eigenvalue weighted by atomic mass is 10.2. The molecular weight excluding hydrogens is 164 g/mol. The third-order valence-corrected chi connectivity index (χ3v) is 2.60. The molecule has 1 aliphatic rings. The SMILES string of the molecule is CC(C(=O)N1CCC1)n1cccc1. The molecule has 0 aliphatic carbocycles. The minimum absolute atomic E-state index is 0.0460. The van der Waals surface area contributed by atoms with Gasteiger partial charge in [-0.2, -0.15) is 0 Å². The van der Waals surface area contributed by atoms with Crippen LogP contribution in [-0.2, 0) is 4.79 Å². The maximum absolute atomic E-state index is 11.7. The van der Waals surface area contributed by atoms with Gasteiger partial charge in [-0.25, -0.2) is 0 Å². The summed E-state index contributed by atoms with van der Waals surface area (Å²) >= 11 is 0. The van der Waals surface area contributed by atoms with E-state index in [-0.39, 0.29) is 11.9 Å². The summed E-state index contributed by atoms with van der Waals surface area (Å²) in [6.45, 7) is 3.82. The lowest BCUT2D eigenvalue weighted by molar-refractivity contribution is -0.137. The van der Waals surface area contributed by atoms with Crippen LogP contribution in [0.4, 0.5) is 0 Å². The second-order valence-electron chi connectivity index (χ2n) is 3.49. The van der Waals surface area contributed by atoms with Gasteiger partial charge in [0, 0.05) is 25.5 Å². The van der Waals surface area contributed by atoms with Gasteiger partial charge in [0.05, 0.1) is 0 Å². The Bertz CT molecular complexity index is 288. The van der Waals surface area contributed by atoms with Crippen LogP contribution in [0, 0.1) is 0 Å². The topological polar surface area (TPSA) is 25.2 Å². The Morgan fingerprint density at radius 1 is 1.31 bits per heavy atom. The van der Waals surface area contributed by atoms with Crippen molar-refractivity contribution in [3.63, 3.8) is 0 Å². The third kappa shape index (κ3) is 1.46. The first-order valence-electron chi connectivity index (χ1n) is 4.70. The van der Waals surface area contributed by atoms with Crippen LogP contribution in [0.15, 0.2) is 24.5 Å². The molecule has 1 aromatic rings. The van der Waals surface area contributed by atoms with Gasteiger partial charge in [0.15, 0.2) is 0 Å². The first kappa shape index (κ1) is 8.35. The van der Waals surface area contributed by atoms with E-state index in [0.29, 0.717) is 0 Å². The van der Waals surface area contributed by atoms with Crippen molar-refractivity contribution in [2.45, 2.75) is 19.4 Å². The summed E-state index contributed by atoms with van der Waals surface area (Å²) in [4.78, 5) is 13.6. The second kappa shape index (κ2) is 3.24. The summed E-state index contributed by atoms with van der Waals surface area (Å²) < 4.78 is 1.95. The van der Waals surface area contributed by atoms with Crippen molar-refractivity contribution in [1.82, 2.24) is 9.47 Å². The first-order valence-corrected chi connectivity index (χ1v) is 4.70. The van der Waals surface area contributed by atoms with E-state index in [0.717, 1.165) is 19.5 Å². The Balaban J connectivity index is 2.04. The molecule has 70 valence electrons. The Morgan fingerprint density at radius 2 is 1.92 bits per heavy atom. The van der Waals surface area contributed by atoms with E-state index in [1.54, 1.807) is 0 Å². The largest absolute Gasteiger partial charge is 0.342 e. The van der Waals surface area contributed by atoms with Gasteiger partial charge < -0.3 is 9.47 Å². The van der Waals surface area contributed by atoms with E-state index in [9.17, 15) is 4.79 Å². The monoisotopic (exact) mass is 178 g/mol. The quantitative estimate of drug-likeness (QED) is 0.669. The number of nitrogens with zero attached hydrogens (tertiary/aromatic N) is 2. The smallest absolute Gasteiger partial charge is 0.245 e. The van der Waals surface area contributed by atoms with Gasteiger partial charge in [-0.05, 0) is 25.5 Å². The molecule has 13 heavy (non-hydrogen) atoms. The van der Waals surface area contributed by atoms with E-state index >= 15 is 0 Å². The van der Waals surface area contributed by atoms with E-state index in [2.05, 4.69) is 0 Å². The van der Waals surface area contributed by atoms with Gasteiger partial charge in [0.2, 0.25) is 5.91 Å². The molecule has 1 aromatic heterocycles. The molecule has 1 fully saturated rings. The van der Waals surface area contributed by atoms with Gasteiger partial charge in [-0.1, -0.05) is 0 Å². The molecule has 0 spiro atoms. The van der Waals surface area contributed by atoms with Crippen molar-refractivity contribution >= 4 is 5.91 Å². The summed E-state index contributed by atoms with van der Waals surface area (Å²) in [6.07, 6.45) is 5.02. The summed E-state index contributed by atoms with van der Waals surface area (Å²) in [5.74, 6) is 0.238. The Morgan fingerprint density at radius 3 is 2.38 bits per heavy atom. The molecule has 0 radical (unpaired) electrons. The Kier molecular flexibility index (Phi) is 2.08. The fourth-order valence-corrected chi connectivity index (χ4v) is 1.53. The molecule has 0 N–H and O–H groups in total. The number of amides is 1.